The van der Waals surface area contributed by atoms with Gasteiger partial charge in [0.25, 0.3) is 0 Å². The van der Waals surface area contributed by atoms with Crippen LogP contribution in [-0.4, -0.2) is 48.8 Å². The highest BCUT2D eigenvalue weighted by Crippen LogP contribution is 2.06. The fourth-order valence-corrected chi connectivity index (χ4v) is 1.61. The van der Waals surface area contributed by atoms with Gasteiger partial charge in [-0.15, -0.1) is 12.4 Å². The van der Waals surface area contributed by atoms with Crippen molar-refractivity contribution < 1.29 is 9.90 Å². The van der Waals surface area contributed by atoms with E-state index < -0.39 is 0 Å². The molecule has 2 aliphatic heterocycles. The van der Waals surface area contributed by atoms with E-state index in [4.69, 9.17) is 0 Å². The van der Waals surface area contributed by atoms with E-state index >= 15 is 0 Å². The number of nitrogens with one attached hydrogen (secondary N) is 3. The van der Waals surface area contributed by atoms with Crippen molar-refractivity contribution in [2.45, 2.75) is 24.6 Å². The lowest BCUT2D eigenvalue weighted by molar-refractivity contribution is -0.124. The molecule has 4 N–H and O–H groups in total. The van der Waals surface area contributed by atoms with E-state index in [1.165, 1.54) is 0 Å². The Hall–Kier alpha value is -0.360. The largest absolute Gasteiger partial charge is 0.392 e. The zero-order valence-corrected chi connectivity index (χ0v) is 8.64. The van der Waals surface area contributed by atoms with Gasteiger partial charge in [-0.2, -0.15) is 0 Å². The van der Waals surface area contributed by atoms with Crippen LogP contribution in [0, 0.1) is 0 Å². The average molecular weight is 222 g/mol. The molecule has 2 atom stereocenters. The molecule has 0 radical (unpaired) electrons. The van der Waals surface area contributed by atoms with Crippen LogP contribution in [0.4, 0.5) is 0 Å². The van der Waals surface area contributed by atoms with Gasteiger partial charge in [0.2, 0.25) is 5.91 Å². The number of aliphatic hydroxyl groups excluding tert-OH is 1. The maximum atomic E-state index is 11.5. The summed E-state index contributed by atoms with van der Waals surface area (Å²) in [5, 5.41) is 18.2. The number of amides is 1. The Morgan fingerprint density at radius 3 is 2.50 bits per heavy atom. The fourth-order valence-electron chi connectivity index (χ4n) is 1.61. The molecule has 0 aromatic heterocycles. The van der Waals surface area contributed by atoms with E-state index in [-0.39, 0.29) is 36.5 Å². The molecule has 1 amide bonds. The van der Waals surface area contributed by atoms with Gasteiger partial charge in [-0.3, -0.25) is 4.79 Å². The van der Waals surface area contributed by atoms with Crippen LogP contribution in [-0.2, 0) is 4.79 Å². The lowest BCUT2D eigenvalue weighted by Gasteiger charge is -2.29. The summed E-state index contributed by atoms with van der Waals surface area (Å²) >= 11 is 0. The summed E-state index contributed by atoms with van der Waals surface area (Å²) in [6, 6.07) is 0.0858. The lowest BCUT2D eigenvalue weighted by atomic mass is 10.1. The Balaban J connectivity index is 0.000000980. The van der Waals surface area contributed by atoms with Crippen LogP contribution in [0.25, 0.3) is 0 Å². The molecule has 2 heterocycles. The lowest BCUT2D eigenvalue weighted by Crippen LogP contribution is -2.59. The van der Waals surface area contributed by atoms with Crippen molar-refractivity contribution in [1.82, 2.24) is 16.0 Å². The molecule has 82 valence electrons. The van der Waals surface area contributed by atoms with E-state index in [0.717, 1.165) is 13.1 Å². The molecule has 0 aromatic carbocycles. The van der Waals surface area contributed by atoms with Gasteiger partial charge in [0.15, 0.2) is 0 Å². The maximum Gasteiger partial charge on any atom is 0.237 e. The van der Waals surface area contributed by atoms with Crippen LogP contribution in [0.1, 0.15) is 6.42 Å². The van der Waals surface area contributed by atoms with Crippen molar-refractivity contribution in [3.05, 3.63) is 0 Å². The summed E-state index contributed by atoms with van der Waals surface area (Å²) in [7, 11) is 0. The van der Waals surface area contributed by atoms with E-state index in [0.29, 0.717) is 13.0 Å². The minimum absolute atomic E-state index is 0. The third kappa shape index (κ3) is 2.57. The van der Waals surface area contributed by atoms with Crippen molar-refractivity contribution in [3.8, 4) is 0 Å². The number of β-amino-alcohol motifs (C(OH)–C–C–N with tert-alkyl or cyclic N) is 1. The number of aliphatic hydroxyl groups is 1. The van der Waals surface area contributed by atoms with Crippen LogP contribution in [0.2, 0.25) is 0 Å². The van der Waals surface area contributed by atoms with Crippen molar-refractivity contribution in [1.29, 1.82) is 0 Å². The number of hydrogen-bond donors (Lipinski definition) is 4. The minimum Gasteiger partial charge on any atom is -0.392 e. The van der Waals surface area contributed by atoms with E-state index in [1.807, 2.05) is 0 Å². The van der Waals surface area contributed by atoms with Crippen molar-refractivity contribution in [2.75, 3.05) is 19.6 Å². The SMILES string of the molecule is Cl.O=C(NC1CNC1)[C@H]1C[C@H](O)CN1. The van der Waals surface area contributed by atoms with Crippen LogP contribution in [0.5, 0.6) is 0 Å². The van der Waals surface area contributed by atoms with E-state index in [2.05, 4.69) is 16.0 Å². The second-order valence-corrected chi connectivity index (χ2v) is 3.71. The number of carbonyl (C=O) groups is 1. The van der Waals surface area contributed by atoms with Gasteiger partial charge in [-0.1, -0.05) is 0 Å². The Morgan fingerprint density at radius 1 is 1.36 bits per heavy atom. The normalized spacial score (nSPS) is 31.8. The number of hydrogen-bond acceptors (Lipinski definition) is 4. The molecule has 0 unspecified atom stereocenters. The van der Waals surface area contributed by atoms with E-state index in [9.17, 15) is 9.90 Å². The molecule has 0 aromatic rings. The minimum atomic E-state index is -0.365. The average Bonchev–Trinajstić information content (AvgIpc) is 2.44. The third-order valence-corrected chi connectivity index (χ3v) is 2.55. The van der Waals surface area contributed by atoms with Crippen molar-refractivity contribution in [2.24, 2.45) is 0 Å². The second kappa shape index (κ2) is 4.93. The predicted octanol–water partition coefficient (Wildman–Crippen LogP) is -1.78. The molecule has 2 aliphatic rings. The fraction of sp³-hybridized carbons (Fsp3) is 0.875. The predicted molar refractivity (Wildman–Crippen MR) is 54.5 cm³/mol. The number of halogens is 1. The van der Waals surface area contributed by atoms with Gasteiger partial charge < -0.3 is 21.1 Å². The molecule has 0 bridgehead atoms. The molecule has 5 nitrogen and oxygen atoms in total. The highest BCUT2D eigenvalue weighted by Gasteiger charge is 2.30. The Morgan fingerprint density at radius 2 is 2.07 bits per heavy atom. The van der Waals surface area contributed by atoms with Crippen LogP contribution in [0.3, 0.4) is 0 Å². The summed E-state index contributed by atoms with van der Waals surface area (Å²) in [6.07, 6.45) is 0.168. The quantitative estimate of drug-likeness (QED) is 0.445. The molecule has 2 rings (SSSR count). The van der Waals surface area contributed by atoms with Crippen molar-refractivity contribution >= 4 is 18.3 Å². The highest BCUT2D eigenvalue weighted by atomic mass is 35.5. The molecular formula is C8H16ClN3O2. The first-order valence-electron chi connectivity index (χ1n) is 4.68. The van der Waals surface area contributed by atoms with E-state index in [1.54, 1.807) is 0 Å². The standard InChI is InChI=1S/C8H15N3O2.ClH/c12-6-1-7(10-4-6)8(13)11-5-2-9-3-5;/h5-7,9-10,12H,1-4H2,(H,11,13);1H/t6-,7+;/m0./s1. The Bertz CT molecular complexity index is 211. The smallest absolute Gasteiger partial charge is 0.237 e. The molecule has 2 saturated heterocycles. The van der Waals surface area contributed by atoms with Crippen LogP contribution in [0.15, 0.2) is 0 Å². The first kappa shape index (κ1) is 11.7. The first-order valence-corrected chi connectivity index (χ1v) is 4.68. The van der Waals surface area contributed by atoms with Crippen LogP contribution < -0.4 is 16.0 Å². The van der Waals surface area contributed by atoms with Gasteiger partial charge in [0.05, 0.1) is 18.2 Å². The molecule has 0 saturated carbocycles. The molecule has 14 heavy (non-hydrogen) atoms. The van der Waals surface area contributed by atoms with Gasteiger partial charge in [-0.25, -0.2) is 0 Å². The topological polar surface area (TPSA) is 73.4 Å². The zero-order valence-electron chi connectivity index (χ0n) is 7.82. The monoisotopic (exact) mass is 221 g/mol. The van der Waals surface area contributed by atoms with Gasteiger partial charge >= 0.3 is 0 Å². The van der Waals surface area contributed by atoms with Crippen molar-refractivity contribution in [3.63, 3.8) is 0 Å². The first-order chi connectivity index (χ1) is 6.25. The molecular weight excluding hydrogens is 206 g/mol. The summed E-state index contributed by atoms with van der Waals surface area (Å²) < 4.78 is 0. The third-order valence-electron chi connectivity index (χ3n) is 2.55. The Labute approximate surface area is 89.0 Å². The zero-order chi connectivity index (χ0) is 9.26. The van der Waals surface area contributed by atoms with Gasteiger partial charge in [0.1, 0.15) is 0 Å². The Kier molecular flexibility index (Phi) is 4.12. The highest BCUT2D eigenvalue weighted by molar-refractivity contribution is 5.85. The number of rotatable bonds is 2. The number of carbonyl (C=O) groups excluding carboxylic acids is 1. The second-order valence-electron chi connectivity index (χ2n) is 3.71. The van der Waals surface area contributed by atoms with Crippen LogP contribution >= 0.6 is 12.4 Å². The summed E-state index contributed by atoms with van der Waals surface area (Å²) in [5.74, 6) is 0.0167. The molecule has 0 aliphatic carbocycles. The molecule has 2 fully saturated rings. The van der Waals surface area contributed by atoms with Gasteiger partial charge in [0, 0.05) is 19.6 Å². The maximum absolute atomic E-state index is 11.5. The summed E-state index contributed by atoms with van der Waals surface area (Å²) in [6.45, 7) is 2.25. The molecule has 0 spiro atoms. The summed E-state index contributed by atoms with van der Waals surface area (Å²) in [5.41, 5.74) is 0. The molecule has 6 heteroatoms. The summed E-state index contributed by atoms with van der Waals surface area (Å²) in [4.78, 5) is 11.5. The van der Waals surface area contributed by atoms with Gasteiger partial charge in [-0.05, 0) is 6.42 Å².